The van der Waals surface area contributed by atoms with E-state index in [1.165, 1.54) is 29.9 Å². The largest absolute Gasteiger partial charge is 0.475 e. The molecule has 1 aromatic heterocycles. The van der Waals surface area contributed by atoms with Gasteiger partial charge in [0.25, 0.3) is 0 Å². The summed E-state index contributed by atoms with van der Waals surface area (Å²) in [7, 11) is -5.82. The van der Waals surface area contributed by atoms with Crippen LogP contribution >= 0.6 is 11.3 Å². The fourth-order valence-electron chi connectivity index (χ4n) is 4.39. The minimum absolute atomic E-state index is 0.0187. The van der Waals surface area contributed by atoms with E-state index in [1.807, 2.05) is 42.6 Å². The molecule has 3 aromatic rings. The summed E-state index contributed by atoms with van der Waals surface area (Å²) in [5.41, 5.74) is 2.12. The van der Waals surface area contributed by atoms with E-state index in [-0.39, 0.29) is 11.3 Å². The Balaban J connectivity index is 1.54. The van der Waals surface area contributed by atoms with Gasteiger partial charge in [-0.15, -0.1) is 11.3 Å². The molecule has 8 nitrogen and oxygen atoms in total. The summed E-state index contributed by atoms with van der Waals surface area (Å²) in [6, 6.07) is 14.4. The third-order valence-corrected chi connectivity index (χ3v) is 9.00. The molecular weight excluding hydrogens is 509 g/mol. The number of carbonyl (C=O) groups excluding carboxylic acids is 1. The maximum atomic E-state index is 13.4. The Morgan fingerprint density at radius 3 is 2.54 bits per heavy atom. The molecule has 2 aromatic carbocycles. The fraction of sp³-hybridized carbons (Fsp3) is 0.385. The number of hydrogen-bond acceptors (Lipinski definition) is 7. The van der Waals surface area contributed by atoms with Crippen LogP contribution in [0.5, 0.6) is 0 Å². The van der Waals surface area contributed by atoms with Crippen LogP contribution in [-0.4, -0.2) is 48.5 Å². The van der Waals surface area contributed by atoms with Crippen molar-refractivity contribution in [2.75, 3.05) is 0 Å². The Bertz CT molecular complexity index is 1300. The van der Waals surface area contributed by atoms with Crippen molar-refractivity contribution in [1.29, 1.82) is 0 Å². The lowest BCUT2D eigenvalue weighted by Crippen LogP contribution is -2.54. The predicted octanol–water partition coefficient (Wildman–Crippen LogP) is 3.09. The normalized spacial score (nSPS) is 15.5. The summed E-state index contributed by atoms with van der Waals surface area (Å²) in [6.45, 7) is 1.88. The number of nitrogens with zero attached hydrogens (tertiary/aromatic N) is 1. The minimum Gasteiger partial charge on any atom is -0.426 e. The Labute approximate surface area is 222 Å². The highest BCUT2D eigenvalue weighted by Gasteiger charge is 2.32. The van der Waals surface area contributed by atoms with E-state index in [9.17, 15) is 23.3 Å². The Morgan fingerprint density at radius 2 is 1.92 bits per heavy atom. The van der Waals surface area contributed by atoms with Crippen LogP contribution in [0.3, 0.4) is 0 Å². The summed E-state index contributed by atoms with van der Waals surface area (Å²) in [6.07, 6.45) is 4.69. The molecule has 0 spiro atoms. The van der Waals surface area contributed by atoms with Crippen molar-refractivity contribution in [1.82, 2.24) is 15.0 Å². The molecule has 0 unspecified atom stereocenters. The van der Waals surface area contributed by atoms with E-state index < -0.39 is 35.0 Å². The average Bonchev–Trinajstić information content (AvgIpc) is 3.28. The quantitative estimate of drug-likeness (QED) is 0.261. The number of benzene rings is 2. The van der Waals surface area contributed by atoms with Crippen LogP contribution in [0.25, 0.3) is 11.3 Å². The lowest BCUT2D eigenvalue weighted by molar-refractivity contribution is -0.123. The number of nitrogens with one attached hydrogen (secondary N) is 2. The van der Waals surface area contributed by atoms with Crippen LogP contribution in [0.4, 0.5) is 0 Å². The SMILES string of the molecule is Cc1nc(-c2cccc(S(=O)(=O)N[C@@H](Cc3ccccc3)C(=O)N[C@@H](CCC3CCC3)B(O)O)c2)cs1. The molecule has 37 heavy (non-hydrogen) atoms. The molecule has 0 aliphatic heterocycles. The van der Waals surface area contributed by atoms with E-state index in [2.05, 4.69) is 15.0 Å². The van der Waals surface area contributed by atoms with Gasteiger partial charge >= 0.3 is 7.12 Å². The van der Waals surface area contributed by atoms with Gasteiger partial charge in [0.2, 0.25) is 15.9 Å². The molecule has 1 fully saturated rings. The minimum atomic E-state index is -4.09. The first-order chi connectivity index (χ1) is 17.7. The van der Waals surface area contributed by atoms with Crippen molar-refractivity contribution in [3.8, 4) is 11.3 Å². The lowest BCUT2D eigenvalue weighted by atomic mass is 9.73. The second-order valence-electron chi connectivity index (χ2n) is 9.55. The van der Waals surface area contributed by atoms with E-state index in [0.29, 0.717) is 23.6 Å². The second kappa shape index (κ2) is 12.3. The topological polar surface area (TPSA) is 129 Å². The summed E-state index contributed by atoms with van der Waals surface area (Å²) >= 11 is 1.48. The molecule has 11 heteroatoms. The molecule has 1 aliphatic rings. The van der Waals surface area contributed by atoms with Gasteiger partial charge in [0, 0.05) is 10.9 Å². The molecule has 1 amide bonds. The van der Waals surface area contributed by atoms with Gasteiger partial charge in [-0.1, -0.05) is 61.7 Å². The van der Waals surface area contributed by atoms with Gasteiger partial charge in [-0.3, -0.25) is 4.79 Å². The molecule has 196 valence electrons. The molecule has 4 N–H and O–H groups in total. The summed E-state index contributed by atoms with van der Waals surface area (Å²) in [5, 5.41) is 25.2. The zero-order chi connectivity index (χ0) is 26.4. The Morgan fingerprint density at radius 1 is 1.16 bits per heavy atom. The van der Waals surface area contributed by atoms with Crippen molar-refractivity contribution in [3.63, 3.8) is 0 Å². The van der Waals surface area contributed by atoms with Crippen molar-refractivity contribution >= 4 is 34.4 Å². The molecule has 1 saturated carbocycles. The van der Waals surface area contributed by atoms with Crippen LogP contribution in [0, 0.1) is 12.8 Å². The fourth-order valence-corrected chi connectivity index (χ4v) is 6.25. The Hall–Kier alpha value is -2.57. The van der Waals surface area contributed by atoms with Gasteiger partial charge < -0.3 is 15.4 Å². The lowest BCUT2D eigenvalue weighted by Gasteiger charge is -2.28. The summed E-state index contributed by atoms with van der Waals surface area (Å²) < 4.78 is 29.4. The van der Waals surface area contributed by atoms with Gasteiger partial charge in [-0.25, -0.2) is 13.4 Å². The molecular formula is C26H32BN3O5S2. The number of thiazole rings is 1. The highest BCUT2D eigenvalue weighted by molar-refractivity contribution is 7.89. The monoisotopic (exact) mass is 541 g/mol. The van der Waals surface area contributed by atoms with Crippen LogP contribution in [0.2, 0.25) is 0 Å². The number of sulfonamides is 1. The van der Waals surface area contributed by atoms with E-state index in [0.717, 1.165) is 29.8 Å². The third kappa shape index (κ3) is 7.49. The van der Waals surface area contributed by atoms with Crippen LogP contribution in [0.1, 0.15) is 42.7 Å². The van der Waals surface area contributed by atoms with Gasteiger partial charge in [-0.2, -0.15) is 4.72 Å². The highest BCUT2D eigenvalue weighted by Crippen LogP contribution is 2.31. The first kappa shape index (κ1) is 27.5. The predicted molar refractivity (Wildman–Crippen MR) is 145 cm³/mol. The van der Waals surface area contributed by atoms with E-state index in [1.54, 1.807) is 12.1 Å². The van der Waals surface area contributed by atoms with Gasteiger partial charge in [0.1, 0.15) is 6.04 Å². The maximum absolute atomic E-state index is 13.4. The van der Waals surface area contributed by atoms with Gasteiger partial charge in [0.15, 0.2) is 0 Å². The van der Waals surface area contributed by atoms with Crippen molar-refractivity contribution in [3.05, 3.63) is 70.5 Å². The van der Waals surface area contributed by atoms with Crippen molar-refractivity contribution < 1.29 is 23.3 Å². The number of aromatic nitrogens is 1. The first-order valence-electron chi connectivity index (χ1n) is 12.5. The molecule has 4 rings (SSSR count). The smallest absolute Gasteiger partial charge is 0.426 e. The van der Waals surface area contributed by atoms with Crippen molar-refractivity contribution in [2.45, 2.75) is 62.3 Å². The Kier molecular flexibility index (Phi) is 9.15. The number of amides is 1. The molecule has 1 heterocycles. The van der Waals surface area contributed by atoms with Crippen LogP contribution in [-0.2, 0) is 21.2 Å². The molecule has 0 radical (unpaired) electrons. The van der Waals surface area contributed by atoms with E-state index in [4.69, 9.17) is 0 Å². The summed E-state index contributed by atoms with van der Waals surface area (Å²) in [5.74, 6) is -0.955. The summed E-state index contributed by atoms with van der Waals surface area (Å²) in [4.78, 5) is 17.8. The second-order valence-corrected chi connectivity index (χ2v) is 12.3. The van der Waals surface area contributed by atoms with Crippen LogP contribution < -0.4 is 10.0 Å². The number of hydrogen-bond donors (Lipinski definition) is 4. The number of aryl methyl sites for hydroxylation is 1. The third-order valence-electron chi connectivity index (χ3n) is 6.75. The standard InChI is InChI=1S/C26H32BN3O5S2/c1-18-28-24(17-36-18)21-11-6-12-22(16-21)37(34,35)30-23(15-20-7-3-2-4-8-20)26(31)29-25(27(32)33)14-13-19-9-5-10-19/h2-4,6-8,11-12,16-17,19,23,25,30,32-33H,5,9-10,13-15H2,1H3,(H,29,31)/t23-,25-/m0/s1. The number of carbonyl (C=O) groups is 1. The van der Waals surface area contributed by atoms with Gasteiger partial charge in [-0.05, 0) is 49.8 Å². The van der Waals surface area contributed by atoms with Gasteiger partial charge in [0.05, 0.1) is 21.5 Å². The zero-order valence-corrected chi connectivity index (χ0v) is 22.3. The van der Waals surface area contributed by atoms with Crippen LogP contribution in [0.15, 0.2) is 64.9 Å². The zero-order valence-electron chi connectivity index (χ0n) is 20.7. The molecule has 1 aliphatic carbocycles. The highest BCUT2D eigenvalue weighted by atomic mass is 32.2. The molecule has 0 saturated heterocycles. The van der Waals surface area contributed by atoms with E-state index >= 15 is 0 Å². The van der Waals surface area contributed by atoms with Crippen molar-refractivity contribution in [2.24, 2.45) is 5.92 Å². The first-order valence-corrected chi connectivity index (χ1v) is 14.8. The average molecular weight is 542 g/mol. The molecule has 2 atom stereocenters. The maximum Gasteiger partial charge on any atom is 0.475 e. The number of rotatable bonds is 12. The molecule has 0 bridgehead atoms.